The first-order valence-corrected chi connectivity index (χ1v) is 6.89. The van der Waals surface area contributed by atoms with Gasteiger partial charge in [0.25, 0.3) is 0 Å². The first-order valence-electron chi connectivity index (χ1n) is 6.89. The second kappa shape index (κ2) is 11.6. The number of likely N-dealkylation sites (N-methyl/N-ethyl adjacent to an activating group) is 1. The Morgan fingerprint density at radius 2 is 2.15 bits per heavy atom. The van der Waals surface area contributed by atoms with Crippen molar-refractivity contribution in [2.24, 2.45) is 0 Å². The van der Waals surface area contributed by atoms with Gasteiger partial charge >= 0.3 is 0 Å². The van der Waals surface area contributed by atoms with Crippen LogP contribution in [0.1, 0.15) is 27.2 Å². The lowest BCUT2D eigenvalue weighted by atomic mass is 10.1. The van der Waals surface area contributed by atoms with Crippen LogP contribution in [0.3, 0.4) is 0 Å². The summed E-state index contributed by atoms with van der Waals surface area (Å²) in [6.45, 7) is 9.29. The van der Waals surface area contributed by atoms with Crippen LogP contribution in [0.25, 0.3) is 0 Å². The van der Waals surface area contributed by atoms with Crippen LogP contribution in [0.4, 0.5) is 0 Å². The predicted molar refractivity (Wildman–Crippen MR) is 87.1 cm³/mol. The van der Waals surface area contributed by atoms with Gasteiger partial charge in [-0.05, 0) is 27.3 Å². The summed E-state index contributed by atoms with van der Waals surface area (Å²) in [7, 11) is 2.09. The highest BCUT2D eigenvalue weighted by Gasteiger charge is 2.27. The molecule has 1 unspecified atom stereocenters. The van der Waals surface area contributed by atoms with E-state index in [9.17, 15) is 4.79 Å². The van der Waals surface area contributed by atoms with Gasteiger partial charge in [0.2, 0.25) is 5.91 Å². The van der Waals surface area contributed by atoms with Gasteiger partial charge < -0.3 is 20.3 Å². The monoisotopic (exact) mass is 329 g/mol. The van der Waals surface area contributed by atoms with E-state index in [0.717, 1.165) is 19.5 Å². The molecule has 0 aromatic rings. The molecule has 0 radical (unpaired) electrons. The predicted octanol–water partition coefficient (Wildman–Crippen LogP) is 1.05. The van der Waals surface area contributed by atoms with E-state index in [1.165, 1.54) is 0 Å². The fourth-order valence-electron chi connectivity index (χ4n) is 2.02. The van der Waals surface area contributed by atoms with Crippen LogP contribution >= 0.6 is 24.8 Å². The van der Waals surface area contributed by atoms with Crippen molar-refractivity contribution in [2.75, 3.05) is 33.3 Å². The second-order valence-corrected chi connectivity index (χ2v) is 5.04. The van der Waals surface area contributed by atoms with Crippen LogP contribution in [0, 0.1) is 0 Å². The lowest BCUT2D eigenvalue weighted by Crippen LogP contribution is -2.56. The summed E-state index contributed by atoms with van der Waals surface area (Å²) in [5.74, 6) is 0.0414. The van der Waals surface area contributed by atoms with E-state index >= 15 is 0 Å². The number of amides is 1. The molecule has 1 fully saturated rings. The molecule has 0 bridgehead atoms. The van der Waals surface area contributed by atoms with Crippen LogP contribution < -0.4 is 10.6 Å². The molecule has 1 aliphatic heterocycles. The van der Waals surface area contributed by atoms with Crippen molar-refractivity contribution in [1.29, 1.82) is 0 Å². The normalized spacial score (nSPS) is 23.4. The van der Waals surface area contributed by atoms with Gasteiger partial charge in [0.05, 0.1) is 12.7 Å². The van der Waals surface area contributed by atoms with Gasteiger partial charge in [-0.3, -0.25) is 4.79 Å². The van der Waals surface area contributed by atoms with Gasteiger partial charge in [0.15, 0.2) is 0 Å². The largest absolute Gasteiger partial charge is 0.375 e. The first-order chi connectivity index (χ1) is 8.56. The van der Waals surface area contributed by atoms with Crippen molar-refractivity contribution < 1.29 is 9.53 Å². The van der Waals surface area contributed by atoms with Crippen LogP contribution in [0.2, 0.25) is 0 Å². The molecule has 122 valence electrons. The van der Waals surface area contributed by atoms with Crippen LogP contribution in [-0.2, 0) is 9.53 Å². The number of ether oxygens (including phenoxy) is 1. The standard InChI is InChI=1S/C13H27N3O2.2ClH/c1-5-10(2)16(4)8-6-15-13(17)12-11(3)18-9-7-14-12;;/h10-12,14H,5-9H2,1-4H3,(H,15,17);2*1H/t10?,11-,12+;;/m1../s1. The minimum absolute atomic E-state index is 0. The summed E-state index contributed by atoms with van der Waals surface area (Å²) in [4.78, 5) is 14.2. The van der Waals surface area contributed by atoms with E-state index in [-0.39, 0.29) is 42.9 Å². The molecular formula is C13H29Cl2N3O2. The summed E-state index contributed by atoms with van der Waals surface area (Å²) in [5.41, 5.74) is 0. The Balaban J connectivity index is 0. The molecule has 0 saturated carbocycles. The molecule has 1 rings (SSSR count). The van der Waals surface area contributed by atoms with E-state index in [4.69, 9.17) is 4.74 Å². The van der Waals surface area contributed by atoms with Gasteiger partial charge in [-0.15, -0.1) is 24.8 Å². The molecule has 5 nitrogen and oxygen atoms in total. The number of halogens is 2. The van der Waals surface area contributed by atoms with Gasteiger partial charge in [-0.1, -0.05) is 6.92 Å². The van der Waals surface area contributed by atoms with E-state index in [1.807, 2.05) is 6.92 Å². The summed E-state index contributed by atoms with van der Waals surface area (Å²) >= 11 is 0. The Morgan fingerprint density at radius 1 is 1.50 bits per heavy atom. The Bertz CT molecular complexity index is 270. The lowest BCUT2D eigenvalue weighted by molar-refractivity contribution is -0.128. The third-order valence-corrected chi connectivity index (χ3v) is 3.71. The topological polar surface area (TPSA) is 53.6 Å². The summed E-state index contributed by atoms with van der Waals surface area (Å²) < 4.78 is 5.46. The van der Waals surface area contributed by atoms with Crippen molar-refractivity contribution in [1.82, 2.24) is 15.5 Å². The molecule has 0 spiro atoms. The van der Waals surface area contributed by atoms with E-state index in [1.54, 1.807) is 0 Å². The minimum Gasteiger partial charge on any atom is -0.375 e. The van der Waals surface area contributed by atoms with Crippen molar-refractivity contribution in [2.45, 2.75) is 45.4 Å². The van der Waals surface area contributed by atoms with Crippen LogP contribution in [0.5, 0.6) is 0 Å². The molecule has 0 aromatic heterocycles. The zero-order chi connectivity index (χ0) is 13.5. The minimum atomic E-state index is -0.215. The molecule has 7 heteroatoms. The van der Waals surface area contributed by atoms with Crippen molar-refractivity contribution in [3.8, 4) is 0 Å². The van der Waals surface area contributed by atoms with Crippen LogP contribution in [0.15, 0.2) is 0 Å². The van der Waals surface area contributed by atoms with Crippen molar-refractivity contribution in [3.63, 3.8) is 0 Å². The summed E-state index contributed by atoms with van der Waals surface area (Å²) in [5, 5.41) is 6.16. The molecule has 0 aliphatic carbocycles. The maximum atomic E-state index is 12.0. The zero-order valence-corrected chi connectivity index (χ0v) is 14.5. The second-order valence-electron chi connectivity index (χ2n) is 5.04. The number of carbonyl (C=O) groups is 1. The van der Waals surface area contributed by atoms with Gasteiger partial charge in [-0.25, -0.2) is 0 Å². The highest BCUT2D eigenvalue weighted by Crippen LogP contribution is 2.04. The molecule has 3 atom stereocenters. The average Bonchev–Trinajstić information content (AvgIpc) is 2.37. The van der Waals surface area contributed by atoms with E-state index < -0.39 is 0 Å². The number of hydrogen-bond acceptors (Lipinski definition) is 4. The maximum Gasteiger partial charge on any atom is 0.239 e. The Kier molecular flexibility index (Phi) is 12.9. The molecule has 1 heterocycles. The number of hydrogen-bond donors (Lipinski definition) is 2. The Labute approximate surface area is 135 Å². The third kappa shape index (κ3) is 7.09. The van der Waals surface area contributed by atoms with Crippen molar-refractivity contribution >= 4 is 30.7 Å². The van der Waals surface area contributed by atoms with Crippen LogP contribution in [-0.4, -0.2) is 62.3 Å². The third-order valence-electron chi connectivity index (χ3n) is 3.71. The molecule has 20 heavy (non-hydrogen) atoms. The zero-order valence-electron chi connectivity index (χ0n) is 12.8. The quantitative estimate of drug-likeness (QED) is 0.765. The Hall–Kier alpha value is -0.0700. The average molecular weight is 330 g/mol. The number of nitrogens with one attached hydrogen (secondary N) is 2. The molecule has 0 aromatic carbocycles. The Morgan fingerprint density at radius 3 is 2.70 bits per heavy atom. The molecule has 1 aliphatic rings. The molecule has 2 N–H and O–H groups in total. The fraction of sp³-hybridized carbons (Fsp3) is 0.923. The van der Waals surface area contributed by atoms with Gasteiger partial charge in [-0.2, -0.15) is 0 Å². The number of rotatable bonds is 6. The molecule has 1 saturated heterocycles. The number of carbonyl (C=O) groups excluding carboxylic acids is 1. The number of morpholine rings is 1. The summed E-state index contributed by atoms with van der Waals surface area (Å²) in [6.07, 6.45) is 1.07. The van der Waals surface area contributed by atoms with Crippen molar-refractivity contribution in [3.05, 3.63) is 0 Å². The smallest absolute Gasteiger partial charge is 0.239 e. The first kappa shape index (κ1) is 22.2. The fourth-order valence-corrected chi connectivity index (χ4v) is 2.02. The number of nitrogens with zero attached hydrogens (tertiary/aromatic N) is 1. The summed E-state index contributed by atoms with van der Waals surface area (Å²) in [6, 6.07) is 0.338. The van der Waals surface area contributed by atoms with E-state index in [0.29, 0.717) is 19.2 Å². The van der Waals surface area contributed by atoms with Gasteiger partial charge in [0, 0.05) is 25.7 Å². The SMILES string of the molecule is CCC(C)N(C)CCNC(=O)[C@H]1NCCO[C@@H]1C.Cl.Cl. The lowest BCUT2D eigenvalue weighted by Gasteiger charge is -2.30. The molecule has 1 amide bonds. The van der Waals surface area contributed by atoms with E-state index in [2.05, 4.69) is 36.4 Å². The van der Waals surface area contributed by atoms with Gasteiger partial charge in [0.1, 0.15) is 6.04 Å². The maximum absolute atomic E-state index is 12.0. The highest BCUT2D eigenvalue weighted by atomic mass is 35.5. The highest BCUT2D eigenvalue weighted by molar-refractivity contribution is 5.85. The molecular weight excluding hydrogens is 301 g/mol.